The van der Waals surface area contributed by atoms with Crippen LogP contribution in [0.3, 0.4) is 0 Å². The van der Waals surface area contributed by atoms with Gasteiger partial charge in [0.2, 0.25) is 11.8 Å². The molecule has 0 saturated heterocycles. The fourth-order valence-electron chi connectivity index (χ4n) is 8.37. The number of carbonyl (C=O) groups excluding carboxylic acids is 3. The van der Waals surface area contributed by atoms with Gasteiger partial charge in [0, 0.05) is 36.6 Å². The smallest absolute Gasteiger partial charge is 0.247 e. The number of aliphatic hydroxyl groups is 2. The molecule has 10 heteroatoms. The highest BCUT2D eigenvalue weighted by molar-refractivity contribution is 14.1. The predicted molar refractivity (Wildman–Crippen MR) is 165 cm³/mol. The number of methoxy groups -OCH3 is 1. The number of rotatable bonds is 11. The molecule has 0 heterocycles. The van der Waals surface area contributed by atoms with Crippen molar-refractivity contribution in [1.82, 2.24) is 10.2 Å². The van der Waals surface area contributed by atoms with E-state index in [2.05, 4.69) is 27.9 Å². The lowest BCUT2D eigenvalue weighted by Crippen LogP contribution is -2.60. The molecule has 230 valence electrons. The predicted octanol–water partition coefficient (Wildman–Crippen LogP) is 3.73. The Morgan fingerprint density at radius 3 is 2.36 bits per heavy atom. The normalized spacial score (nSPS) is 31.5. The van der Waals surface area contributed by atoms with Gasteiger partial charge in [-0.2, -0.15) is 0 Å². The maximum atomic E-state index is 13.9. The number of benzene rings is 1. The average molecular weight is 695 g/mol. The van der Waals surface area contributed by atoms with Gasteiger partial charge >= 0.3 is 0 Å². The number of hydrogen-bond acceptors (Lipinski definition) is 7. The number of amides is 2. The molecule has 5 aliphatic rings. The molecule has 6 rings (SSSR count). The van der Waals surface area contributed by atoms with Crippen LogP contribution in [0.1, 0.15) is 69.2 Å². The van der Waals surface area contributed by atoms with Crippen molar-refractivity contribution in [2.24, 2.45) is 29.1 Å². The summed E-state index contributed by atoms with van der Waals surface area (Å²) in [7, 11) is 1.48. The van der Waals surface area contributed by atoms with E-state index in [-0.39, 0.29) is 42.7 Å². The summed E-state index contributed by atoms with van der Waals surface area (Å²) in [6.07, 6.45) is 7.67. The van der Waals surface area contributed by atoms with Crippen LogP contribution in [-0.4, -0.2) is 78.3 Å². The molecule has 42 heavy (non-hydrogen) atoms. The third kappa shape index (κ3) is 6.36. The summed E-state index contributed by atoms with van der Waals surface area (Å²) < 4.78 is 12.5. The number of hydrogen-bond donors (Lipinski definition) is 3. The second kappa shape index (κ2) is 12.8. The van der Waals surface area contributed by atoms with Crippen molar-refractivity contribution >= 4 is 40.7 Å². The molecule has 1 aromatic carbocycles. The molecule has 1 aromatic rings. The van der Waals surface area contributed by atoms with Gasteiger partial charge in [-0.25, -0.2) is 0 Å². The molecule has 4 saturated carbocycles. The van der Waals surface area contributed by atoms with E-state index in [0.29, 0.717) is 50.5 Å². The van der Waals surface area contributed by atoms with Crippen molar-refractivity contribution in [3.8, 4) is 11.5 Å². The molecule has 0 aromatic heterocycles. The number of aliphatic hydroxyl groups excluding tert-OH is 2. The fraction of sp³-hybridized carbons (Fsp3) is 0.656. The van der Waals surface area contributed by atoms with E-state index in [1.54, 1.807) is 18.2 Å². The van der Waals surface area contributed by atoms with Crippen LogP contribution in [0, 0.1) is 32.7 Å². The third-order valence-corrected chi connectivity index (χ3v) is 10.5. The minimum atomic E-state index is -1.11. The van der Waals surface area contributed by atoms with Crippen molar-refractivity contribution in [2.45, 2.75) is 77.0 Å². The second-order valence-electron chi connectivity index (χ2n) is 13.2. The maximum absolute atomic E-state index is 13.9. The molecule has 4 bridgehead atoms. The summed E-state index contributed by atoms with van der Waals surface area (Å²) in [5.74, 6) is 2.14. The van der Waals surface area contributed by atoms with Gasteiger partial charge in [0.15, 0.2) is 11.5 Å². The first-order valence-corrected chi connectivity index (χ1v) is 16.2. The Hall–Kier alpha value is -2.18. The number of nitrogens with zero attached hydrogens (tertiary/aromatic N) is 1. The zero-order valence-corrected chi connectivity index (χ0v) is 26.8. The summed E-state index contributed by atoms with van der Waals surface area (Å²) in [6.45, 7) is 4.22. The zero-order chi connectivity index (χ0) is 30.2. The molecule has 0 aliphatic heterocycles. The highest BCUT2D eigenvalue weighted by Gasteiger charge is 2.53. The van der Waals surface area contributed by atoms with E-state index in [0.717, 1.165) is 25.5 Å². The lowest BCUT2D eigenvalue weighted by atomic mass is 9.49. The lowest BCUT2D eigenvalue weighted by molar-refractivity contribution is -0.150. The highest BCUT2D eigenvalue weighted by atomic mass is 127. The Bertz CT molecular complexity index is 1200. The van der Waals surface area contributed by atoms with Crippen LogP contribution < -0.4 is 14.8 Å². The molecule has 3 atom stereocenters. The Labute approximate surface area is 261 Å². The summed E-state index contributed by atoms with van der Waals surface area (Å²) in [5, 5.41) is 23.9. The first-order chi connectivity index (χ1) is 20.1. The zero-order valence-electron chi connectivity index (χ0n) is 24.7. The topological polar surface area (TPSA) is 125 Å². The van der Waals surface area contributed by atoms with Crippen molar-refractivity contribution in [2.75, 3.05) is 26.8 Å². The number of carbonyl (C=O) groups is 3. The third-order valence-electron chi connectivity index (χ3n) is 9.70. The van der Waals surface area contributed by atoms with E-state index in [1.165, 1.54) is 26.4 Å². The summed E-state index contributed by atoms with van der Waals surface area (Å²) >= 11 is 2.06. The summed E-state index contributed by atoms with van der Waals surface area (Å²) in [6, 6.07) is 2.56. The minimum absolute atomic E-state index is 0.0342. The maximum Gasteiger partial charge on any atom is 0.247 e. The molecule has 3 unspecified atom stereocenters. The van der Waals surface area contributed by atoms with Gasteiger partial charge in [-0.1, -0.05) is 13.8 Å². The quantitative estimate of drug-likeness (QED) is 0.238. The molecule has 0 spiro atoms. The van der Waals surface area contributed by atoms with Crippen molar-refractivity contribution < 1.29 is 34.1 Å². The van der Waals surface area contributed by atoms with Crippen molar-refractivity contribution in [3.05, 3.63) is 32.9 Å². The molecular weight excluding hydrogens is 651 g/mol. The van der Waals surface area contributed by atoms with Gasteiger partial charge in [0.1, 0.15) is 18.5 Å². The van der Waals surface area contributed by atoms with E-state index < -0.39 is 18.2 Å². The second-order valence-corrected chi connectivity index (χ2v) is 14.4. The van der Waals surface area contributed by atoms with E-state index in [9.17, 15) is 24.6 Å². The lowest BCUT2D eigenvalue weighted by Gasteiger charge is -2.58. The van der Waals surface area contributed by atoms with Crippen LogP contribution in [0.25, 0.3) is 0 Å². The van der Waals surface area contributed by atoms with Crippen LogP contribution in [0.2, 0.25) is 0 Å². The molecule has 4 fully saturated rings. The summed E-state index contributed by atoms with van der Waals surface area (Å²) in [5.41, 5.74) is 0.864. The van der Waals surface area contributed by atoms with Gasteiger partial charge in [-0.15, -0.1) is 0 Å². The number of nitrogens with one attached hydrogen (secondary N) is 1. The van der Waals surface area contributed by atoms with Crippen molar-refractivity contribution in [1.29, 1.82) is 0 Å². The van der Waals surface area contributed by atoms with Gasteiger partial charge in [0.25, 0.3) is 0 Å². The molecule has 0 radical (unpaired) electrons. The molecule has 2 amide bonds. The van der Waals surface area contributed by atoms with Crippen LogP contribution in [-0.2, 0) is 9.59 Å². The fourth-order valence-corrected chi connectivity index (χ4v) is 9.13. The monoisotopic (exact) mass is 694 g/mol. The molecule has 9 nitrogen and oxygen atoms in total. The van der Waals surface area contributed by atoms with E-state index in [4.69, 9.17) is 9.47 Å². The number of halogens is 1. The van der Waals surface area contributed by atoms with Crippen LogP contribution in [0.15, 0.2) is 23.8 Å². The first kappa shape index (κ1) is 31.3. The van der Waals surface area contributed by atoms with Crippen LogP contribution in [0.5, 0.6) is 11.5 Å². The number of ether oxygens (including phenoxy) is 2. The van der Waals surface area contributed by atoms with E-state index >= 15 is 0 Å². The number of aldehydes is 1. The SMILES string of the molecule is COc1cc(C=O)cc(I)c1OC1C=C(C(=O)NCCO)CC(N(CC23CC4CC(CC(C4)C2)C3)C(=O)C(C)C)C1O. The molecular formula is C32H43IN2O7. The van der Waals surface area contributed by atoms with E-state index in [1.807, 2.05) is 18.7 Å². The van der Waals surface area contributed by atoms with Gasteiger partial charge in [-0.05, 0) is 102 Å². The largest absolute Gasteiger partial charge is 0.493 e. The van der Waals surface area contributed by atoms with Gasteiger partial charge in [-0.3, -0.25) is 14.4 Å². The standard InChI is InChI=1S/C32H43IN2O7/c1-18(2)31(40)35(17-32-13-19-6-20(14-32)8-21(7-19)15-32)25-11-23(30(39)34-4-5-36)12-26(28(25)38)42-29-24(33)9-22(16-37)10-27(29)41-3/h9-10,12,16,18-21,25-26,28,36,38H,4-8,11,13-15,17H2,1-3H3,(H,34,39). The molecule has 3 N–H and O–H groups in total. The Morgan fingerprint density at radius 1 is 1.17 bits per heavy atom. The Kier molecular flexibility index (Phi) is 9.54. The molecule has 5 aliphatic carbocycles. The summed E-state index contributed by atoms with van der Waals surface area (Å²) in [4.78, 5) is 40.4. The van der Waals surface area contributed by atoms with Gasteiger partial charge < -0.3 is 29.9 Å². The van der Waals surface area contributed by atoms with Gasteiger partial charge in [0.05, 0.1) is 23.3 Å². The van der Waals surface area contributed by atoms with Crippen molar-refractivity contribution in [3.63, 3.8) is 0 Å². The average Bonchev–Trinajstić information content (AvgIpc) is 2.95. The first-order valence-electron chi connectivity index (χ1n) is 15.1. The highest BCUT2D eigenvalue weighted by Crippen LogP contribution is 2.60. The van der Waals surface area contributed by atoms with Crippen LogP contribution >= 0.6 is 22.6 Å². The Balaban J connectivity index is 1.50. The minimum Gasteiger partial charge on any atom is -0.493 e. The van der Waals surface area contributed by atoms with Crippen LogP contribution in [0.4, 0.5) is 0 Å². The Morgan fingerprint density at radius 2 is 1.81 bits per heavy atom.